The van der Waals surface area contributed by atoms with Gasteiger partial charge < -0.3 is 24.1 Å². The van der Waals surface area contributed by atoms with E-state index in [9.17, 15) is 24.3 Å². The standard InChI is InChI=1S/C24H28O9/c1-11-18(27)23-10-22(11,32-13(3)26)8-6-14(23)24-9-7-15(31-12(2)25)21(4,20(29)33-24)17(24)16(23)19(28)30-5/h7,9,14-18,27H,1,6,8,10H2,2-5H3/t14-,15+,16?,17?,18+,21-,22+,23-,24-/m1/s1. The van der Waals surface area contributed by atoms with Gasteiger partial charge in [-0.15, -0.1) is 0 Å². The minimum absolute atomic E-state index is 0.169. The Bertz CT molecular complexity index is 1030. The van der Waals surface area contributed by atoms with E-state index in [1.807, 2.05) is 0 Å². The maximum Gasteiger partial charge on any atom is 0.317 e. The van der Waals surface area contributed by atoms with E-state index in [0.29, 0.717) is 18.4 Å². The number of aliphatic hydroxyl groups excluding tert-OH is 1. The predicted octanol–water partition coefficient (Wildman–Crippen LogP) is 1.23. The van der Waals surface area contributed by atoms with Crippen LogP contribution in [0.1, 0.15) is 40.0 Å². The highest BCUT2D eigenvalue weighted by Crippen LogP contribution is 2.78. The molecule has 1 spiro atoms. The minimum Gasteiger partial charge on any atom is -0.469 e. The van der Waals surface area contributed by atoms with Crippen molar-refractivity contribution in [3.63, 3.8) is 0 Å². The first kappa shape index (κ1) is 22.1. The minimum atomic E-state index is -1.36. The average molecular weight is 460 g/mol. The Morgan fingerprint density at radius 2 is 1.94 bits per heavy atom. The lowest BCUT2D eigenvalue weighted by Gasteiger charge is -2.46. The molecule has 1 saturated heterocycles. The van der Waals surface area contributed by atoms with Crippen LogP contribution in [-0.2, 0) is 38.1 Å². The number of fused-ring (bicyclic) bond motifs is 1. The summed E-state index contributed by atoms with van der Waals surface area (Å²) in [6.45, 7) is 8.26. The number of hydrogen-bond donors (Lipinski definition) is 1. The van der Waals surface area contributed by atoms with Gasteiger partial charge in [-0.2, -0.15) is 0 Å². The summed E-state index contributed by atoms with van der Waals surface area (Å²) in [5.41, 5.74) is -4.44. The molecule has 0 aromatic heterocycles. The summed E-state index contributed by atoms with van der Waals surface area (Å²) >= 11 is 0. The zero-order valence-corrected chi connectivity index (χ0v) is 19.1. The van der Waals surface area contributed by atoms with Crippen LogP contribution in [0, 0.1) is 28.6 Å². The van der Waals surface area contributed by atoms with Gasteiger partial charge in [-0.05, 0) is 37.5 Å². The highest BCUT2D eigenvalue weighted by Gasteiger charge is 2.86. The van der Waals surface area contributed by atoms with Crippen molar-refractivity contribution in [1.29, 1.82) is 0 Å². The third-order valence-corrected chi connectivity index (χ3v) is 9.01. The summed E-state index contributed by atoms with van der Waals surface area (Å²) in [6.07, 6.45) is 2.23. The molecule has 9 atom stereocenters. The first-order chi connectivity index (χ1) is 15.4. The summed E-state index contributed by atoms with van der Waals surface area (Å²) in [5.74, 6) is -4.40. The number of esters is 4. The maximum absolute atomic E-state index is 13.4. The lowest BCUT2D eigenvalue weighted by Crippen LogP contribution is -2.52. The molecule has 1 N–H and O–H groups in total. The van der Waals surface area contributed by atoms with Gasteiger partial charge in [-0.3, -0.25) is 19.2 Å². The Hall–Kier alpha value is -2.68. The summed E-state index contributed by atoms with van der Waals surface area (Å²) in [6, 6.07) is 0. The molecule has 9 heteroatoms. The molecule has 3 saturated carbocycles. The smallest absolute Gasteiger partial charge is 0.317 e. The van der Waals surface area contributed by atoms with Crippen LogP contribution in [0.5, 0.6) is 0 Å². The lowest BCUT2D eigenvalue weighted by atomic mass is 9.60. The Kier molecular flexibility index (Phi) is 4.33. The van der Waals surface area contributed by atoms with E-state index in [1.165, 1.54) is 21.0 Å². The van der Waals surface area contributed by atoms with Gasteiger partial charge in [-0.1, -0.05) is 6.58 Å². The van der Waals surface area contributed by atoms with Gasteiger partial charge in [0.25, 0.3) is 0 Å². The maximum atomic E-state index is 13.4. The molecule has 4 aliphatic carbocycles. The molecular formula is C24H28O9. The molecule has 5 rings (SSSR count). The average Bonchev–Trinajstić information content (AvgIpc) is 3.15. The topological polar surface area (TPSA) is 125 Å². The molecule has 5 aliphatic rings. The Labute approximate surface area is 191 Å². The third kappa shape index (κ3) is 2.31. The van der Waals surface area contributed by atoms with E-state index in [-0.39, 0.29) is 6.42 Å². The van der Waals surface area contributed by atoms with Gasteiger partial charge in [0.1, 0.15) is 22.7 Å². The Morgan fingerprint density at radius 1 is 1.24 bits per heavy atom. The number of aliphatic hydroxyl groups is 1. The number of rotatable bonds is 3. The number of carbonyl (C=O) groups is 4. The Morgan fingerprint density at radius 3 is 2.55 bits per heavy atom. The monoisotopic (exact) mass is 460 g/mol. The van der Waals surface area contributed by atoms with Crippen LogP contribution in [0.3, 0.4) is 0 Å². The lowest BCUT2D eigenvalue weighted by molar-refractivity contribution is -0.174. The van der Waals surface area contributed by atoms with Gasteiger partial charge >= 0.3 is 23.9 Å². The van der Waals surface area contributed by atoms with Gasteiger partial charge in [0.05, 0.1) is 19.1 Å². The number of carbonyl (C=O) groups excluding carboxylic acids is 4. The second kappa shape index (κ2) is 6.46. The first-order valence-corrected chi connectivity index (χ1v) is 11.2. The van der Waals surface area contributed by atoms with Crippen LogP contribution < -0.4 is 0 Å². The van der Waals surface area contributed by atoms with Crippen molar-refractivity contribution in [1.82, 2.24) is 0 Å². The number of methoxy groups -OCH3 is 1. The molecule has 4 bridgehead atoms. The van der Waals surface area contributed by atoms with E-state index in [1.54, 1.807) is 19.1 Å². The summed E-state index contributed by atoms with van der Waals surface area (Å²) in [4.78, 5) is 50.5. The summed E-state index contributed by atoms with van der Waals surface area (Å²) in [5, 5.41) is 11.6. The molecule has 0 aromatic carbocycles. The van der Waals surface area contributed by atoms with Crippen molar-refractivity contribution >= 4 is 23.9 Å². The van der Waals surface area contributed by atoms with Crippen LogP contribution in [0.4, 0.5) is 0 Å². The van der Waals surface area contributed by atoms with Crippen LogP contribution >= 0.6 is 0 Å². The highest BCUT2D eigenvalue weighted by molar-refractivity contribution is 5.87. The fourth-order valence-corrected chi connectivity index (χ4v) is 8.00. The molecule has 1 heterocycles. The van der Waals surface area contributed by atoms with E-state index < -0.39 is 75.9 Å². The van der Waals surface area contributed by atoms with Crippen LogP contribution in [0.15, 0.2) is 24.3 Å². The Balaban J connectivity index is 1.73. The summed E-state index contributed by atoms with van der Waals surface area (Å²) in [7, 11) is 1.26. The molecule has 0 aromatic rings. The number of ether oxygens (including phenoxy) is 4. The molecule has 9 nitrogen and oxygen atoms in total. The molecule has 2 unspecified atom stereocenters. The predicted molar refractivity (Wildman–Crippen MR) is 110 cm³/mol. The van der Waals surface area contributed by atoms with Gasteiger partial charge in [0.2, 0.25) is 0 Å². The highest BCUT2D eigenvalue weighted by atomic mass is 16.6. The molecule has 178 valence electrons. The SMILES string of the molecule is C=C1[C@H](O)[C@]23C[C@@]1(OC(C)=O)CC[C@H]2[C@@]12C=C[C@H](OC(C)=O)[C@@](C)(C(=O)O1)C2C3C(=O)OC. The number of hydrogen-bond acceptors (Lipinski definition) is 9. The van der Waals surface area contributed by atoms with Gasteiger partial charge in [0.15, 0.2) is 0 Å². The summed E-state index contributed by atoms with van der Waals surface area (Å²) < 4.78 is 22.5. The molecule has 4 fully saturated rings. The van der Waals surface area contributed by atoms with Crippen molar-refractivity contribution in [2.75, 3.05) is 7.11 Å². The zero-order valence-electron chi connectivity index (χ0n) is 19.1. The first-order valence-electron chi connectivity index (χ1n) is 11.2. The quantitative estimate of drug-likeness (QED) is 0.376. The molecule has 1 aliphatic heterocycles. The second-order valence-corrected chi connectivity index (χ2v) is 10.3. The molecule has 33 heavy (non-hydrogen) atoms. The fourth-order valence-electron chi connectivity index (χ4n) is 8.00. The third-order valence-electron chi connectivity index (χ3n) is 9.01. The fraction of sp³-hybridized carbons (Fsp3) is 0.667. The van der Waals surface area contributed by atoms with Crippen molar-refractivity contribution in [3.05, 3.63) is 24.3 Å². The van der Waals surface area contributed by atoms with E-state index in [0.717, 1.165) is 0 Å². The van der Waals surface area contributed by atoms with E-state index >= 15 is 0 Å². The van der Waals surface area contributed by atoms with Crippen LogP contribution in [0.25, 0.3) is 0 Å². The largest absolute Gasteiger partial charge is 0.469 e. The van der Waals surface area contributed by atoms with Crippen molar-refractivity contribution < 1.29 is 43.2 Å². The second-order valence-electron chi connectivity index (χ2n) is 10.3. The molecular weight excluding hydrogens is 432 g/mol. The van der Waals surface area contributed by atoms with E-state index in [4.69, 9.17) is 18.9 Å². The van der Waals surface area contributed by atoms with Gasteiger partial charge in [-0.25, -0.2) is 0 Å². The molecule has 0 radical (unpaired) electrons. The van der Waals surface area contributed by atoms with Crippen molar-refractivity contribution in [3.8, 4) is 0 Å². The van der Waals surface area contributed by atoms with Crippen molar-refractivity contribution in [2.45, 2.75) is 63.4 Å². The zero-order chi connectivity index (χ0) is 24.1. The van der Waals surface area contributed by atoms with Crippen LogP contribution in [0.2, 0.25) is 0 Å². The van der Waals surface area contributed by atoms with Gasteiger partial charge in [0, 0.05) is 37.5 Å². The van der Waals surface area contributed by atoms with Crippen molar-refractivity contribution in [2.24, 2.45) is 28.6 Å². The normalized spacial score (nSPS) is 48.6. The van der Waals surface area contributed by atoms with E-state index in [2.05, 4.69) is 6.58 Å². The van der Waals surface area contributed by atoms with Crippen LogP contribution in [-0.4, -0.2) is 59.5 Å². The molecule has 0 amide bonds.